The first-order valence-electron chi connectivity index (χ1n) is 8.78. The fourth-order valence-corrected chi connectivity index (χ4v) is 3.02. The Morgan fingerprint density at radius 2 is 1.77 bits per heavy atom. The number of amides is 1. The lowest BCUT2D eigenvalue weighted by molar-refractivity contribution is -0.121. The predicted molar refractivity (Wildman–Crippen MR) is 103 cm³/mol. The van der Waals surface area contributed by atoms with Crippen LogP contribution in [0.15, 0.2) is 60.9 Å². The van der Waals surface area contributed by atoms with Crippen molar-refractivity contribution in [1.29, 1.82) is 0 Å². The predicted octanol–water partition coefficient (Wildman–Crippen LogP) is 3.49. The minimum absolute atomic E-state index is 0.0349. The fourth-order valence-electron chi connectivity index (χ4n) is 3.02. The standard InChI is InChI=1S/C20H23N5O/c1-3-25(4-2)18(15-8-6-5-7-9-15)20(26)23-17-12-10-16(11-13-17)19-21-14-22-24-19/h5-14,18H,3-4H2,1-2H3,(H,23,26)(H,21,22,24). The van der Waals surface area contributed by atoms with Gasteiger partial charge in [-0.05, 0) is 42.9 Å². The van der Waals surface area contributed by atoms with Crippen molar-refractivity contribution >= 4 is 11.6 Å². The van der Waals surface area contributed by atoms with Crippen molar-refractivity contribution in [3.63, 3.8) is 0 Å². The monoisotopic (exact) mass is 349 g/mol. The smallest absolute Gasteiger partial charge is 0.246 e. The number of carbonyl (C=O) groups excluding carboxylic acids is 1. The Hall–Kier alpha value is -2.99. The highest BCUT2D eigenvalue weighted by Gasteiger charge is 2.25. The van der Waals surface area contributed by atoms with Crippen molar-refractivity contribution < 1.29 is 4.79 Å². The van der Waals surface area contributed by atoms with Gasteiger partial charge in [0.15, 0.2) is 5.82 Å². The van der Waals surface area contributed by atoms with Gasteiger partial charge in [0.1, 0.15) is 12.4 Å². The molecule has 6 heteroatoms. The number of benzene rings is 2. The number of nitrogens with zero attached hydrogens (tertiary/aromatic N) is 3. The zero-order valence-corrected chi connectivity index (χ0v) is 15.0. The minimum atomic E-state index is -0.319. The molecule has 1 atom stereocenters. The van der Waals surface area contributed by atoms with Crippen LogP contribution in [-0.4, -0.2) is 39.1 Å². The molecule has 6 nitrogen and oxygen atoms in total. The number of H-pyrrole nitrogens is 1. The number of nitrogens with one attached hydrogen (secondary N) is 2. The molecule has 0 radical (unpaired) electrons. The van der Waals surface area contributed by atoms with E-state index in [1.54, 1.807) is 0 Å². The quantitative estimate of drug-likeness (QED) is 0.685. The molecule has 0 spiro atoms. The van der Waals surface area contributed by atoms with Gasteiger partial charge in [-0.3, -0.25) is 14.8 Å². The molecule has 1 aromatic heterocycles. The summed E-state index contributed by atoms with van der Waals surface area (Å²) >= 11 is 0. The molecule has 2 N–H and O–H groups in total. The summed E-state index contributed by atoms with van der Waals surface area (Å²) in [7, 11) is 0. The van der Waals surface area contributed by atoms with Gasteiger partial charge in [0.05, 0.1) is 0 Å². The van der Waals surface area contributed by atoms with Crippen LogP contribution in [0.5, 0.6) is 0 Å². The van der Waals surface area contributed by atoms with Gasteiger partial charge in [0, 0.05) is 11.3 Å². The van der Waals surface area contributed by atoms with Crippen molar-refractivity contribution in [3.8, 4) is 11.4 Å². The van der Waals surface area contributed by atoms with E-state index in [-0.39, 0.29) is 11.9 Å². The largest absolute Gasteiger partial charge is 0.324 e. The second-order valence-electron chi connectivity index (χ2n) is 5.94. The first-order chi connectivity index (χ1) is 12.7. The summed E-state index contributed by atoms with van der Waals surface area (Å²) in [6.07, 6.45) is 1.47. The van der Waals surface area contributed by atoms with Crippen molar-refractivity contribution in [3.05, 3.63) is 66.5 Å². The van der Waals surface area contributed by atoms with Crippen molar-refractivity contribution in [1.82, 2.24) is 20.1 Å². The number of aromatic amines is 1. The zero-order valence-electron chi connectivity index (χ0n) is 15.0. The van der Waals surface area contributed by atoms with E-state index in [0.717, 1.165) is 29.9 Å². The summed E-state index contributed by atoms with van der Waals surface area (Å²) in [4.78, 5) is 19.3. The third kappa shape index (κ3) is 3.97. The van der Waals surface area contributed by atoms with E-state index in [1.807, 2.05) is 54.6 Å². The molecule has 0 aliphatic rings. The molecule has 0 saturated heterocycles. The van der Waals surface area contributed by atoms with Gasteiger partial charge in [-0.2, -0.15) is 5.10 Å². The van der Waals surface area contributed by atoms with E-state index in [4.69, 9.17) is 0 Å². The van der Waals surface area contributed by atoms with Crippen LogP contribution in [0.4, 0.5) is 5.69 Å². The van der Waals surface area contributed by atoms with E-state index in [1.165, 1.54) is 6.33 Å². The lowest BCUT2D eigenvalue weighted by Gasteiger charge is -2.29. The second-order valence-corrected chi connectivity index (χ2v) is 5.94. The molecule has 134 valence electrons. The fraction of sp³-hybridized carbons (Fsp3) is 0.250. The van der Waals surface area contributed by atoms with Gasteiger partial charge in [0.2, 0.25) is 5.91 Å². The van der Waals surface area contributed by atoms with E-state index < -0.39 is 0 Å². The molecule has 26 heavy (non-hydrogen) atoms. The van der Waals surface area contributed by atoms with Gasteiger partial charge >= 0.3 is 0 Å². The van der Waals surface area contributed by atoms with Crippen LogP contribution in [0.1, 0.15) is 25.5 Å². The molecule has 2 aromatic carbocycles. The van der Waals surface area contributed by atoms with Gasteiger partial charge < -0.3 is 5.32 Å². The van der Waals surface area contributed by atoms with Crippen molar-refractivity contribution in [2.75, 3.05) is 18.4 Å². The molecule has 0 bridgehead atoms. The summed E-state index contributed by atoms with van der Waals surface area (Å²) in [6.45, 7) is 5.74. The van der Waals surface area contributed by atoms with Crippen molar-refractivity contribution in [2.24, 2.45) is 0 Å². The zero-order chi connectivity index (χ0) is 18.4. The Kier molecular flexibility index (Phi) is 5.76. The number of aromatic nitrogens is 3. The third-order valence-corrected chi connectivity index (χ3v) is 4.38. The Labute approximate surface area is 153 Å². The summed E-state index contributed by atoms with van der Waals surface area (Å²) in [5, 5.41) is 9.72. The third-order valence-electron chi connectivity index (χ3n) is 4.38. The first-order valence-corrected chi connectivity index (χ1v) is 8.78. The van der Waals surface area contributed by atoms with E-state index in [2.05, 4.69) is 39.2 Å². The van der Waals surface area contributed by atoms with Gasteiger partial charge in [0.25, 0.3) is 0 Å². The summed E-state index contributed by atoms with van der Waals surface area (Å²) in [5.74, 6) is 0.667. The molecule has 1 heterocycles. The summed E-state index contributed by atoms with van der Waals surface area (Å²) < 4.78 is 0. The lowest BCUT2D eigenvalue weighted by Crippen LogP contribution is -2.37. The van der Waals surface area contributed by atoms with Crippen LogP contribution in [0, 0.1) is 0 Å². The molecule has 0 fully saturated rings. The minimum Gasteiger partial charge on any atom is -0.324 e. The number of rotatable bonds is 7. The number of likely N-dealkylation sites (N-methyl/N-ethyl adjacent to an activating group) is 1. The van der Waals surface area contributed by atoms with Crippen LogP contribution in [0.25, 0.3) is 11.4 Å². The second kappa shape index (κ2) is 8.40. The van der Waals surface area contributed by atoms with E-state index >= 15 is 0 Å². The number of hydrogen-bond acceptors (Lipinski definition) is 4. The van der Waals surface area contributed by atoms with Crippen LogP contribution in [0.2, 0.25) is 0 Å². The molecule has 0 aliphatic heterocycles. The lowest BCUT2D eigenvalue weighted by atomic mass is 10.0. The number of hydrogen-bond donors (Lipinski definition) is 2. The molecule has 1 unspecified atom stereocenters. The molecular weight excluding hydrogens is 326 g/mol. The molecule has 0 saturated carbocycles. The maximum Gasteiger partial charge on any atom is 0.246 e. The summed E-state index contributed by atoms with van der Waals surface area (Å²) in [5.41, 5.74) is 2.67. The highest BCUT2D eigenvalue weighted by molar-refractivity contribution is 5.95. The van der Waals surface area contributed by atoms with Crippen molar-refractivity contribution in [2.45, 2.75) is 19.9 Å². The maximum atomic E-state index is 13.0. The van der Waals surface area contributed by atoms with Crippen LogP contribution in [0.3, 0.4) is 0 Å². The molecule has 3 rings (SSSR count). The molecular formula is C20H23N5O. The summed E-state index contributed by atoms with van der Waals surface area (Å²) in [6, 6.07) is 17.1. The highest BCUT2D eigenvalue weighted by atomic mass is 16.2. The topological polar surface area (TPSA) is 73.9 Å². The average Bonchev–Trinajstić information content (AvgIpc) is 3.22. The Bertz CT molecular complexity index is 811. The maximum absolute atomic E-state index is 13.0. The van der Waals surface area contributed by atoms with Gasteiger partial charge in [-0.1, -0.05) is 44.2 Å². The van der Waals surface area contributed by atoms with E-state index in [9.17, 15) is 4.79 Å². The average molecular weight is 349 g/mol. The van der Waals surface area contributed by atoms with Crippen LogP contribution in [-0.2, 0) is 4.79 Å². The number of carbonyl (C=O) groups is 1. The van der Waals surface area contributed by atoms with E-state index in [0.29, 0.717) is 5.82 Å². The van der Waals surface area contributed by atoms with Crippen LogP contribution >= 0.6 is 0 Å². The Morgan fingerprint density at radius 1 is 1.08 bits per heavy atom. The number of anilines is 1. The van der Waals surface area contributed by atoms with Gasteiger partial charge in [-0.25, -0.2) is 4.98 Å². The first kappa shape index (κ1) is 17.8. The Balaban J connectivity index is 1.79. The van der Waals surface area contributed by atoms with Crippen LogP contribution < -0.4 is 5.32 Å². The molecule has 0 aliphatic carbocycles. The normalized spacial score (nSPS) is 12.1. The van der Waals surface area contributed by atoms with Gasteiger partial charge in [-0.15, -0.1) is 0 Å². The molecule has 3 aromatic rings. The molecule has 1 amide bonds. The Morgan fingerprint density at radius 3 is 2.35 bits per heavy atom. The highest BCUT2D eigenvalue weighted by Crippen LogP contribution is 2.23. The SMILES string of the molecule is CCN(CC)C(C(=O)Nc1ccc(-c2ncn[nH]2)cc1)c1ccccc1.